The number of aldehydes is 1. The molecular weight excluding hydrogens is 124 g/mol. The van der Waals surface area contributed by atoms with Gasteiger partial charge in [0.05, 0.1) is 0 Å². The normalized spacial score (nSPS) is 27.9. The van der Waals surface area contributed by atoms with Crippen LogP contribution >= 0.6 is 0 Å². The molecule has 0 radical (unpaired) electrons. The highest BCUT2D eigenvalue weighted by Crippen LogP contribution is 2.24. The molecule has 0 saturated carbocycles. The molecule has 0 spiro atoms. The van der Waals surface area contributed by atoms with Gasteiger partial charge in [0.25, 0.3) is 0 Å². The minimum atomic E-state index is 0.255. The van der Waals surface area contributed by atoms with E-state index in [2.05, 4.69) is 12.2 Å². The maximum Gasteiger partial charge on any atom is 0.123 e. The molecule has 0 aromatic rings. The summed E-state index contributed by atoms with van der Waals surface area (Å²) < 4.78 is 0. The van der Waals surface area contributed by atoms with Crippen LogP contribution in [0.2, 0.25) is 0 Å². The average molecular weight is 138 g/mol. The van der Waals surface area contributed by atoms with Gasteiger partial charge in [-0.05, 0) is 25.2 Å². The third-order valence-corrected chi connectivity index (χ3v) is 2.27. The van der Waals surface area contributed by atoms with E-state index in [0.29, 0.717) is 5.92 Å². The number of carbonyl (C=O) groups excluding carboxylic acids is 1. The number of hydrogen-bond acceptors (Lipinski definition) is 1. The summed E-state index contributed by atoms with van der Waals surface area (Å²) in [6, 6.07) is 0. The molecule has 0 saturated heterocycles. The zero-order chi connectivity index (χ0) is 7.40. The van der Waals surface area contributed by atoms with Gasteiger partial charge in [0, 0.05) is 5.92 Å². The molecule has 0 aliphatic heterocycles. The summed E-state index contributed by atoms with van der Waals surface area (Å²) in [6.45, 7) is 2.01. The molecule has 2 atom stereocenters. The predicted molar refractivity (Wildman–Crippen MR) is 41.7 cm³/mol. The van der Waals surface area contributed by atoms with Crippen LogP contribution in [0.4, 0.5) is 0 Å². The Morgan fingerprint density at radius 1 is 1.60 bits per heavy atom. The Kier molecular flexibility index (Phi) is 2.67. The molecule has 10 heavy (non-hydrogen) atoms. The minimum absolute atomic E-state index is 0.255. The second-order valence-electron chi connectivity index (χ2n) is 3.04. The summed E-state index contributed by atoms with van der Waals surface area (Å²) in [6.07, 6.45) is 8.91. The molecule has 0 N–H and O–H groups in total. The summed E-state index contributed by atoms with van der Waals surface area (Å²) in [5, 5.41) is 0. The van der Waals surface area contributed by atoms with Crippen molar-refractivity contribution >= 4 is 6.29 Å². The van der Waals surface area contributed by atoms with Crippen molar-refractivity contribution in [2.75, 3.05) is 0 Å². The van der Waals surface area contributed by atoms with Gasteiger partial charge < -0.3 is 4.79 Å². The van der Waals surface area contributed by atoms with Crippen LogP contribution in [-0.4, -0.2) is 6.29 Å². The van der Waals surface area contributed by atoms with Gasteiger partial charge in [-0.2, -0.15) is 0 Å². The monoisotopic (exact) mass is 138 g/mol. The molecule has 0 aromatic heterocycles. The summed E-state index contributed by atoms with van der Waals surface area (Å²) in [4.78, 5) is 10.4. The lowest BCUT2D eigenvalue weighted by molar-refractivity contribution is -0.112. The number of allylic oxidation sites excluding steroid dienone is 2. The van der Waals surface area contributed by atoms with E-state index in [0.717, 1.165) is 19.1 Å². The van der Waals surface area contributed by atoms with Crippen molar-refractivity contribution in [1.82, 2.24) is 0 Å². The second-order valence-corrected chi connectivity index (χ2v) is 3.04. The Morgan fingerprint density at radius 3 is 2.90 bits per heavy atom. The van der Waals surface area contributed by atoms with Crippen LogP contribution in [0.25, 0.3) is 0 Å². The lowest BCUT2D eigenvalue weighted by Crippen LogP contribution is -2.13. The van der Waals surface area contributed by atoms with Crippen molar-refractivity contribution < 1.29 is 4.79 Å². The zero-order valence-electron chi connectivity index (χ0n) is 6.42. The highest BCUT2D eigenvalue weighted by Gasteiger charge is 2.15. The summed E-state index contributed by atoms with van der Waals surface area (Å²) in [7, 11) is 0. The van der Waals surface area contributed by atoms with Crippen LogP contribution in [-0.2, 0) is 4.79 Å². The Bertz CT molecular complexity index is 138. The Hall–Kier alpha value is -0.590. The van der Waals surface area contributed by atoms with E-state index in [1.54, 1.807) is 0 Å². The molecule has 0 amide bonds. The SMILES string of the molecule is C[C@@H](C=O)[C@H]1CC=CCC1. The number of hydrogen-bond donors (Lipinski definition) is 0. The minimum Gasteiger partial charge on any atom is -0.303 e. The molecule has 56 valence electrons. The van der Waals surface area contributed by atoms with E-state index in [1.165, 1.54) is 6.42 Å². The van der Waals surface area contributed by atoms with Gasteiger partial charge in [0.2, 0.25) is 0 Å². The first-order valence-electron chi connectivity index (χ1n) is 3.95. The molecule has 1 nitrogen and oxygen atoms in total. The third kappa shape index (κ3) is 1.69. The fraction of sp³-hybridized carbons (Fsp3) is 0.667. The number of rotatable bonds is 2. The molecule has 0 fully saturated rings. The van der Waals surface area contributed by atoms with Gasteiger partial charge in [0.1, 0.15) is 6.29 Å². The van der Waals surface area contributed by atoms with Crippen LogP contribution in [0.1, 0.15) is 26.2 Å². The van der Waals surface area contributed by atoms with Crippen molar-refractivity contribution in [3.63, 3.8) is 0 Å². The summed E-state index contributed by atoms with van der Waals surface area (Å²) in [5.74, 6) is 0.868. The molecule has 0 aromatic carbocycles. The first kappa shape index (κ1) is 7.52. The first-order chi connectivity index (χ1) is 4.84. The molecule has 1 aliphatic carbocycles. The Balaban J connectivity index is 2.40. The quantitative estimate of drug-likeness (QED) is 0.422. The van der Waals surface area contributed by atoms with Crippen LogP contribution in [0.15, 0.2) is 12.2 Å². The first-order valence-corrected chi connectivity index (χ1v) is 3.95. The largest absolute Gasteiger partial charge is 0.303 e. The lowest BCUT2D eigenvalue weighted by Gasteiger charge is -2.19. The maximum atomic E-state index is 10.4. The van der Waals surface area contributed by atoms with Crippen molar-refractivity contribution in [3.05, 3.63) is 12.2 Å². The van der Waals surface area contributed by atoms with E-state index in [9.17, 15) is 4.79 Å². The summed E-state index contributed by atoms with van der Waals surface area (Å²) in [5.41, 5.74) is 0. The summed E-state index contributed by atoms with van der Waals surface area (Å²) >= 11 is 0. The van der Waals surface area contributed by atoms with Gasteiger partial charge in [0.15, 0.2) is 0 Å². The van der Waals surface area contributed by atoms with E-state index < -0.39 is 0 Å². The third-order valence-electron chi connectivity index (χ3n) is 2.27. The number of carbonyl (C=O) groups is 1. The smallest absolute Gasteiger partial charge is 0.123 e. The van der Waals surface area contributed by atoms with Gasteiger partial charge in [-0.25, -0.2) is 0 Å². The van der Waals surface area contributed by atoms with Gasteiger partial charge in [-0.3, -0.25) is 0 Å². The van der Waals surface area contributed by atoms with Gasteiger partial charge >= 0.3 is 0 Å². The lowest BCUT2D eigenvalue weighted by atomic mass is 9.85. The second kappa shape index (κ2) is 3.55. The molecule has 1 aliphatic rings. The van der Waals surface area contributed by atoms with Crippen LogP contribution < -0.4 is 0 Å². The van der Waals surface area contributed by atoms with Crippen LogP contribution in [0, 0.1) is 11.8 Å². The van der Waals surface area contributed by atoms with E-state index in [1.807, 2.05) is 6.92 Å². The Morgan fingerprint density at radius 2 is 2.40 bits per heavy atom. The van der Waals surface area contributed by atoms with Crippen molar-refractivity contribution in [2.45, 2.75) is 26.2 Å². The van der Waals surface area contributed by atoms with Crippen LogP contribution in [0.3, 0.4) is 0 Å². The fourth-order valence-electron chi connectivity index (χ4n) is 1.41. The molecule has 1 rings (SSSR count). The van der Waals surface area contributed by atoms with Crippen molar-refractivity contribution in [3.8, 4) is 0 Å². The molecule has 1 heteroatoms. The van der Waals surface area contributed by atoms with E-state index in [4.69, 9.17) is 0 Å². The highest BCUT2D eigenvalue weighted by molar-refractivity contribution is 5.53. The fourth-order valence-corrected chi connectivity index (χ4v) is 1.41. The van der Waals surface area contributed by atoms with E-state index >= 15 is 0 Å². The van der Waals surface area contributed by atoms with Crippen LogP contribution in [0.5, 0.6) is 0 Å². The van der Waals surface area contributed by atoms with Gasteiger partial charge in [-0.1, -0.05) is 19.1 Å². The maximum absolute atomic E-state index is 10.4. The molecule has 0 bridgehead atoms. The van der Waals surface area contributed by atoms with Crippen molar-refractivity contribution in [2.24, 2.45) is 11.8 Å². The standard InChI is InChI=1S/C9H14O/c1-8(7-10)9-5-3-2-4-6-9/h2-3,7-9H,4-6H2,1H3/t8-,9-/m0/s1. The predicted octanol–water partition coefficient (Wildman–Crippen LogP) is 2.18. The molecular formula is C9H14O. The molecule has 0 heterocycles. The van der Waals surface area contributed by atoms with Crippen molar-refractivity contribution in [1.29, 1.82) is 0 Å². The highest BCUT2D eigenvalue weighted by atomic mass is 16.1. The Labute approximate surface area is 62.1 Å². The topological polar surface area (TPSA) is 17.1 Å². The average Bonchev–Trinajstić information content (AvgIpc) is 2.05. The van der Waals surface area contributed by atoms with E-state index in [-0.39, 0.29) is 5.92 Å². The molecule has 0 unspecified atom stereocenters. The van der Waals surface area contributed by atoms with Gasteiger partial charge in [-0.15, -0.1) is 0 Å². The zero-order valence-corrected chi connectivity index (χ0v) is 6.42.